The van der Waals surface area contributed by atoms with E-state index in [9.17, 15) is 0 Å². The molecule has 2 heteroatoms. The van der Waals surface area contributed by atoms with Crippen molar-refractivity contribution in [3.8, 4) is 0 Å². The Morgan fingerprint density at radius 2 is 2.11 bits per heavy atom. The van der Waals surface area contributed by atoms with E-state index in [0.29, 0.717) is 0 Å². The summed E-state index contributed by atoms with van der Waals surface area (Å²) >= 11 is 2.23. The van der Waals surface area contributed by atoms with Crippen molar-refractivity contribution in [1.29, 1.82) is 0 Å². The molecular weight excluding hydrogens is 144 g/mol. The highest BCUT2D eigenvalue weighted by atomic mass is 32.4. The Morgan fingerprint density at radius 3 is 2.44 bits per heavy atom. The van der Waals surface area contributed by atoms with Crippen LogP contribution in [0.1, 0.15) is 25.7 Å². The minimum absolute atomic E-state index is 1.11. The lowest BCUT2D eigenvalue weighted by molar-refractivity contribution is 0.493. The lowest BCUT2D eigenvalue weighted by Gasteiger charge is -2.18. The third-order valence-corrected chi connectivity index (χ3v) is 5.98. The molecule has 2 aliphatic rings. The van der Waals surface area contributed by atoms with Gasteiger partial charge >= 0.3 is 0 Å². The second-order valence-corrected chi connectivity index (χ2v) is 5.94. The summed E-state index contributed by atoms with van der Waals surface area (Å²) in [6, 6.07) is 0. The largest absolute Gasteiger partial charge is 0.194 e. The van der Waals surface area contributed by atoms with Gasteiger partial charge in [-0.15, -0.1) is 0 Å². The topological polar surface area (TPSA) is 0 Å². The summed E-state index contributed by atoms with van der Waals surface area (Å²) in [6.45, 7) is 0. The second kappa shape index (κ2) is 2.31. The van der Waals surface area contributed by atoms with Crippen LogP contribution in [0, 0.1) is 11.8 Å². The van der Waals surface area contributed by atoms with Gasteiger partial charge < -0.3 is 0 Å². The molecule has 2 aliphatic carbocycles. The van der Waals surface area contributed by atoms with Crippen molar-refractivity contribution in [2.75, 3.05) is 0 Å². The third kappa shape index (κ3) is 0.965. The Hall–Kier alpha value is 0.567. The Labute approximate surface area is 63.9 Å². The zero-order chi connectivity index (χ0) is 6.27. The molecule has 0 nitrogen and oxygen atoms in total. The average molecular weight is 158 g/mol. The highest BCUT2D eigenvalue weighted by Crippen LogP contribution is 2.48. The summed E-state index contributed by atoms with van der Waals surface area (Å²) in [6.07, 6.45) is 6.27. The summed E-state index contributed by atoms with van der Waals surface area (Å²) in [7, 11) is 1.36. The summed E-state index contributed by atoms with van der Waals surface area (Å²) in [5.41, 5.74) is 0. The van der Waals surface area contributed by atoms with Crippen LogP contribution in [0.3, 0.4) is 0 Å². The molecule has 2 bridgehead atoms. The molecule has 52 valence electrons. The first-order valence-electron chi connectivity index (χ1n) is 3.93. The minimum Gasteiger partial charge on any atom is -0.194 e. The van der Waals surface area contributed by atoms with Gasteiger partial charge in [0.25, 0.3) is 0 Å². The second-order valence-electron chi connectivity index (χ2n) is 3.45. The van der Waals surface area contributed by atoms with E-state index in [4.69, 9.17) is 0 Å². The standard InChI is InChI=1S/C7H14SSi/c9-8-7-4-5-1-2-6(7)3-5/h5-7H,1-4H2,9H3. The van der Waals surface area contributed by atoms with E-state index in [1.165, 1.54) is 9.39 Å². The first-order chi connectivity index (χ1) is 4.40. The zero-order valence-electron chi connectivity index (χ0n) is 5.97. The van der Waals surface area contributed by atoms with Crippen molar-refractivity contribution in [3.63, 3.8) is 0 Å². The Morgan fingerprint density at radius 1 is 1.22 bits per heavy atom. The van der Waals surface area contributed by atoms with Crippen molar-refractivity contribution in [3.05, 3.63) is 0 Å². The van der Waals surface area contributed by atoms with Gasteiger partial charge in [-0.2, -0.15) is 11.2 Å². The van der Waals surface area contributed by atoms with Gasteiger partial charge in [0.05, 0.1) is 9.39 Å². The first kappa shape index (κ1) is 6.29. The molecule has 2 fully saturated rings. The Bertz CT molecular complexity index is 115. The fourth-order valence-electron chi connectivity index (χ4n) is 2.48. The van der Waals surface area contributed by atoms with Gasteiger partial charge in [-0.3, -0.25) is 0 Å². The van der Waals surface area contributed by atoms with Gasteiger partial charge in [0, 0.05) is 5.25 Å². The van der Waals surface area contributed by atoms with Crippen LogP contribution in [-0.2, 0) is 0 Å². The molecule has 0 aliphatic heterocycles. The molecule has 0 saturated heterocycles. The average Bonchev–Trinajstić information content (AvgIpc) is 2.45. The van der Waals surface area contributed by atoms with E-state index < -0.39 is 0 Å². The quantitative estimate of drug-likeness (QED) is 0.517. The lowest BCUT2D eigenvalue weighted by atomic mass is 10.0. The van der Waals surface area contributed by atoms with Crippen molar-refractivity contribution in [2.24, 2.45) is 11.8 Å². The molecule has 0 radical (unpaired) electrons. The van der Waals surface area contributed by atoms with Crippen LogP contribution in [0.15, 0.2) is 0 Å². The molecule has 3 unspecified atom stereocenters. The van der Waals surface area contributed by atoms with Crippen molar-refractivity contribution in [2.45, 2.75) is 30.9 Å². The molecule has 2 saturated carbocycles. The molecule has 0 amide bonds. The minimum atomic E-state index is 1.11. The fraction of sp³-hybridized carbons (Fsp3) is 1.00. The predicted octanol–water partition coefficient (Wildman–Crippen LogP) is 1.19. The molecule has 9 heavy (non-hydrogen) atoms. The Kier molecular flexibility index (Phi) is 1.62. The highest BCUT2D eigenvalue weighted by Gasteiger charge is 2.38. The highest BCUT2D eigenvalue weighted by molar-refractivity contribution is 8.20. The van der Waals surface area contributed by atoms with E-state index in [1.807, 2.05) is 0 Å². The molecule has 3 atom stereocenters. The van der Waals surface area contributed by atoms with Crippen LogP contribution in [0.2, 0.25) is 0 Å². The van der Waals surface area contributed by atoms with Crippen LogP contribution in [0.25, 0.3) is 0 Å². The predicted molar refractivity (Wildman–Crippen MR) is 46.8 cm³/mol. The normalized spacial score (nSPS) is 48.7. The SMILES string of the molecule is [SiH3]SC1CC2CCC1C2. The third-order valence-electron chi connectivity index (χ3n) is 2.98. The van der Waals surface area contributed by atoms with Crippen molar-refractivity contribution >= 4 is 20.6 Å². The fourth-order valence-corrected chi connectivity index (χ4v) is 5.30. The molecule has 0 N–H and O–H groups in total. The number of hydrogen-bond donors (Lipinski definition) is 0. The smallest absolute Gasteiger partial charge is 0.0698 e. The molecule has 0 heterocycles. The van der Waals surface area contributed by atoms with Crippen LogP contribution in [-0.4, -0.2) is 14.6 Å². The monoisotopic (exact) mass is 158 g/mol. The van der Waals surface area contributed by atoms with Gasteiger partial charge in [0.15, 0.2) is 0 Å². The van der Waals surface area contributed by atoms with Gasteiger partial charge in [0.1, 0.15) is 0 Å². The van der Waals surface area contributed by atoms with E-state index >= 15 is 0 Å². The molecule has 0 aromatic rings. The molecular formula is C7H14SSi. The maximum atomic E-state index is 2.23. The van der Waals surface area contributed by atoms with Crippen LogP contribution >= 0.6 is 11.2 Å². The summed E-state index contributed by atoms with van der Waals surface area (Å²) in [5.74, 6) is 2.30. The summed E-state index contributed by atoms with van der Waals surface area (Å²) in [5, 5.41) is 1.11. The van der Waals surface area contributed by atoms with Gasteiger partial charge in [-0.1, -0.05) is 6.42 Å². The molecule has 0 spiro atoms. The lowest BCUT2D eigenvalue weighted by Crippen LogP contribution is -2.11. The maximum Gasteiger partial charge on any atom is 0.0698 e. The van der Waals surface area contributed by atoms with E-state index in [2.05, 4.69) is 11.2 Å². The van der Waals surface area contributed by atoms with E-state index in [1.54, 1.807) is 25.7 Å². The van der Waals surface area contributed by atoms with Gasteiger partial charge in [0.2, 0.25) is 0 Å². The van der Waals surface area contributed by atoms with Crippen molar-refractivity contribution < 1.29 is 0 Å². The van der Waals surface area contributed by atoms with Crippen LogP contribution in [0.5, 0.6) is 0 Å². The zero-order valence-corrected chi connectivity index (χ0v) is 8.79. The Balaban J connectivity index is 2.01. The summed E-state index contributed by atoms with van der Waals surface area (Å²) < 4.78 is 0. The van der Waals surface area contributed by atoms with Crippen molar-refractivity contribution in [1.82, 2.24) is 0 Å². The first-order valence-corrected chi connectivity index (χ1v) is 7.66. The molecule has 2 rings (SSSR count). The number of hydrogen-bond acceptors (Lipinski definition) is 1. The van der Waals surface area contributed by atoms with Gasteiger partial charge in [-0.05, 0) is 31.1 Å². The number of rotatable bonds is 1. The number of fused-ring (bicyclic) bond motifs is 2. The van der Waals surface area contributed by atoms with E-state index in [0.717, 1.165) is 17.1 Å². The molecule has 0 aromatic heterocycles. The van der Waals surface area contributed by atoms with Gasteiger partial charge in [-0.25, -0.2) is 0 Å². The van der Waals surface area contributed by atoms with E-state index in [-0.39, 0.29) is 0 Å². The summed E-state index contributed by atoms with van der Waals surface area (Å²) in [4.78, 5) is 0. The molecule has 0 aromatic carbocycles. The maximum absolute atomic E-state index is 2.23. The van der Waals surface area contributed by atoms with Crippen LogP contribution in [0.4, 0.5) is 0 Å². The van der Waals surface area contributed by atoms with Crippen LogP contribution < -0.4 is 0 Å².